The zero-order valence-electron chi connectivity index (χ0n) is 20.3. The fourth-order valence-electron chi connectivity index (χ4n) is 5.63. The van der Waals surface area contributed by atoms with E-state index in [1.807, 2.05) is 6.07 Å². The van der Waals surface area contributed by atoms with Crippen molar-refractivity contribution in [2.24, 2.45) is 5.92 Å². The molecule has 192 valence electrons. The summed E-state index contributed by atoms with van der Waals surface area (Å²) in [5, 5.41) is 0. The lowest BCUT2D eigenvalue weighted by Gasteiger charge is -2.33. The molecule has 4 aliphatic heterocycles. The van der Waals surface area contributed by atoms with Crippen LogP contribution in [-0.2, 0) is 19.0 Å². The van der Waals surface area contributed by atoms with E-state index in [9.17, 15) is 4.79 Å². The van der Waals surface area contributed by atoms with Crippen LogP contribution < -0.4 is 33.2 Å². The molecule has 0 radical (unpaired) electrons. The highest BCUT2D eigenvalue weighted by atomic mass is 16.7. The van der Waals surface area contributed by atoms with Crippen LogP contribution in [0, 0.1) is 5.92 Å². The largest absolute Gasteiger partial charge is 0.496 e. The number of hydrogen-bond donors (Lipinski definition) is 0. The first kappa shape index (κ1) is 22.9. The number of methoxy groups -OCH3 is 3. The van der Waals surface area contributed by atoms with Crippen molar-refractivity contribution in [3.8, 4) is 40.2 Å². The van der Waals surface area contributed by atoms with Crippen LogP contribution >= 0.6 is 0 Å². The average Bonchev–Trinajstić information content (AvgIpc) is 3.65. The summed E-state index contributed by atoms with van der Waals surface area (Å²) in [7, 11) is 4.64. The van der Waals surface area contributed by atoms with E-state index in [0.29, 0.717) is 51.4 Å². The van der Waals surface area contributed by atoms with Crippen molar-refractivity contribution in [3.63, 3.8) is 0 Å². The predicted octanol–water partition coefficient (Wildman–Crippen LogP) is 2.93. The summed E-state index contributed by atoms with van der Waals surface area (Å²) in [6.07, 6.45) is -1.28. The molecule has 6 rings (SSSR count). The quantitative estimate of drug-likeness (QED) is 0.544. The van der Waals surface area contributed by atoms with Crippen molar-refractivity contribution in [1.29, 1.82) is 0 Å². The second-order valence-electron chi connectivity index (χ2n) is 8.78. The maximum Gasteiger partial charge on any atom is 0.303 e. The Morgan fingerprint density at radius 2 is 1.64 bits per heavy atom. The Labute approximate surface area is 207 Å². The number of rotatable bonds is 6. The number of carbonyl (C=O) groups is 1. The zero-order valence-corrected chi connectivity index (χ0v) is 20.3. The van der Waals surface area contributed by atoms with E-state index < -0.39 is 29.7 Å². The zero-order chi connectivity index (χ0) is 25.0. The van der Waals surface area contributed by atoms with Gasteiger partial charge in [-0.2, -0.15) is 0 Å². The van der Waals surface area contributed by atoms with E-state index in [4.69, 9.17) is 47.4 Å². The first-order valence-electron chi connectivity index (χ1n) is 11.5. The van der Waals surface area contributed by atoms with Gasteiger partial charge in [0, 0.05) is 18.6 Å². The van der Waals surface area contributed by atoms with E-state index in [1.54, 1.807) is 33.5 Å². The smallest absolute Gasteiger partial charge is 0.303 e. The second kappa shape index (κ2) is 8.52. The van der Waals surface area contributed by atoms with Crippen LogP contribution in [-0.4, -0.2) is 59.7 Å². The third-order valence-electron chi connectivity index (χ3n) is 7.04. The van der Waals surface area contributed by atoms with Crippen molar-refractivity contribution < 1.29 is 52.2 Å². The SMILES string of the molecule is COc1cc2c(c(OC)c1[C@H]1OC[C@]3(OC(C)=O)[C@@H](c4ccc5c(c4OC)OCO5)OC[C@H]13)OCO2. The molecule has 0 amide bonds. The summed E-state index contributed by atoms with van der Waals surface area (Å²) < 4.78 is 58.2. The average molecular weight is 502 g/mol. The topological polar surface area (TPSA) is 109 Å². The van der Waals surface area contributed by atoms with Gasteiger partial charge in [0.25, 0.3) is 0 Å². The molecule has 0 aromatic heterocycles. The third-order valence-corrected chi connectivity index (χ3v) is 7.04. The predicted molar refractivity (Wildman–Crippen MR) is 120 cm³/mol. The molecule has 2 fully saturated rings. The highest BCUT2D eigenvalue weighted by Crippen LogP contribution is 2.61. The minimum absolute atomic E-state index is 0.0692. The van der Waals surface area contributed by atoms with E-state index in [0.717, 1.165) is 0 Å². The molecule has 0 saturated carbocycles. The first-order chi connectivity index (χ1) is 17.5. The number of ether oxygens (including phenoxy) is 10. The molecule has 4 heterocycles. The second-order valence-corrected chi connectivity index (χ2v) is 8.78. The standard InChI is InChI=1S/C25H26O11/c1-12(26)36-25-9-31-20(18-16(27-2)7-17-22(23(18)29-4)35-11-33-17)14(25)8-30-24(25)13-5-6-15-21(19(13)28-3)34-10-32-15/h5-7,14,20,24H,8-11H2,1-4H3/t14-,20+,24-,25-/m1/s1. The Morgan fingerprint density at radius 1 is 0.917 bits per heavy atom. The van der Waals surface area contributed by atoms with Gasteiger partial charge in [-0.25, -0.2) is 0 Å². The molecule has 4 atom stereocenters. The molecule has 0 spiro atoms. The molecule has 2 aromatic carbocycles. The van der Waals surface area contributed by atoms with Gasteiger partial charge in [-0.3, -0.25) is 4.79 Å². The number of esters is 1. The van der Waals surface area contributed by atoms with E-state index in [1.165, 1.54) is 6.92 Å². The molecular weight excluding hydrogens is 476 g/mol. The van der Waals surface area contributed by atoms with Gasteiger partial charge in [-0.1, -0.05) is 0 Å². The highest BCUT2D eigenvalue weighted by molar-refractivity contribution is 5.68. The molecular formula is C25H26O11. The van der Waals surface area contributed by atoms with Gasteiger partial charge in [0.15, 0.2) is 28.6 Å². The normalized spacial score (nSPS) is 27.1. The van der Waals surface area contributed by atoms with Crippen LogP contribution in [0.3, 0.4) is 0 Å². The maximum atomic E-state index is 12.4. The molecule has 0 bridgehead atoms. The maximum absolute atomic E-state index is 12.4. The molecule has 11 nitrogen and oxygen atoms in total. The minimum atomic E-state index is -1.15. The Morgan fingerprint density at radius 3 is 2.33 bits per heavy atom. The Hall–Kier alpha value is -3.57. The molecule has 2 saturated heterocycles. The summed E-state index contributed by atoms with van der Waals surface area (Å²) >= 11 is 0. The highest BCUT2D eigenvalue weighted by Gasteiger charge is 2.64. The van der Waals surface area contributed by atoms with Crippen molar-refractivity contribution in [1.82, 2.24) is 0 Å². The van der Waals surface area contributed by atoms with E-state index >= 15 is 0 Å². The van der Waals surface area contributed by atoms with E-state index in [2.05, 4.69) is 0 Å². The van der Waals surface area contributed by atoms with Gasteiger partial charge in [0.05, 0.1) is 52.1 Å². The van der Waals surface area contributed by atoms with Gasteiger partial charge in [-0.05, 0) is 12.1 Å². The fourth-order valence-corrected chi connectivity index (χ4v) is 5.63. The van der Waals surface area contributed by atoms with Gasteiger partial charge in [0.2, 0.25) is 25.1 Å². The van der Waals surface area contributed by atoms with Gasteiger partial charge < -0.3 is 47.4 Å². The summed E-state index contributed by atoms with van der Waals surface area (Å²) in [5.41, 5.74) is 0.147. The number of hydrogen-bond acceptors (Lipinski definition) is 11. The summed E-state index contributed by atoms with van der Waals surface area (Å²) in [5.74, 6) is 2.59. The summed E-state index contributed by atoms with van der Waals surface area (Å²) in [6, 6.07) is 5.36. The lowest BCUT2D eigenvalue weighted by atomic mass is 9.79. The monoisotopic (exact) mass is 502 g/mol. The van der Waals surface area contributed by atoms with Crippen LogP contribution in [0.15, 0.2) is 18.2 Å². The molecule has 0 unspecified atom stereocenters. The van der Waals surface area contributed by atoms with Gasteiger partial charge in [-0.15, -0.1) is 0 Å². The fraction of sp³-hybridized carbons (Fsp3) is 0.480. The molecule has 2 aromatic rings. The lowest BCUT2D eigenvalue weighted by Crippen LogP contribution is -2.43. The number of benzene rings is 2. The molecule has 4 aliphatic rings. The van der Waals surface area contributed by atoms with Crippen molar-refractivity contribution in [2.45, 2.75) is 24.7 Å². The van der Waals surface area contributed by atoms with Crippen LogP contribution in [0.4, 0.5) is 0 Å². The molecule has 36 heavy (non-hydrogen) atoms. The van der Waals surface area contributed by atoms with Gasteiger partial charge >= 0.3 is 5.97 Å². The summed E-state index contributed by atoms with van der Waals surface area (Å²) in [6.45, 7) is 1.84. The van der Waals surface area contributed by atoms with Gasteiger partial charge in [0.1, 0.15) is 11.9 Å². The Bertz CT molecular complexity index is 1210. The minimum Gasteiger partial charge on any atom is -0.496 e. The Kier molecular flexibility index (Phi) is 5.41. The first-order valence-corrected chi connectivity index (χ1v) is 11.5. The number of carbonyl (C=O) groups excluding carboxylic acids is 1. The van der Waals surface area contributed by atoms with Crippen LogP contribution in [0.5, 0.6) is 40.2 Å². The molecule has 11 heteroatoms. The Balaban J connectivity index is 1.46. The van der Waals surface area contributed by atoms with Crippen LogP contribution in [0.25, 0.3) is 0 Å². The third kappa shape index (κ3) is 3.15. The van der Waals surface area contributed by atoms with Crippen molar-refractivity contribution in [3.05, 3.63) is 29.3 Å². The van der Waals surface area contributed by atoms with E-state index in [-0.39, 0.29) is 26.8 Å². The van der Waals surface area contributed by atoms with Crippen molar-refractivity contribution in [2.75, 3.05) is 48.1 Å². The number of fused-ring (bicyclic) bond motifs is 3. The van der Waals surface area contributed by atoms with Crippen LogP contribution in [0.1, 0.15) is 30.3 Å². The van der Waals surface area contributed by atoms with Crippen molar-refractivity contribution >= 4 is 5.97 Å². The van der Waals surface area contributed by atoms with Crippen LogP contribution in [0.2, 0.25) is 0 Å². The molecule has 0 N–H and O–H groups in total. The lowest BCUT2D eigenvalue weighted by molar-refractivity contribution is -0.167. The summed E-state index contributed by atoms with van der Waals surface area (Å²) in [4.78, 5) is 12.4. The molecule has 0 aliphatic carbocycles.